The highest BCUT2D eigenvalue weighted by molar-refractivity contribution is 9.10. The molecule has 2 aromatic rings. The number of rotatable bonds is 4. The van der Waals surface area contributed by atoms with E-state index in [1.165, 1.54) is 0 Å². The molecule has 110 valence electrons. The van der Waals surface area contributed by atoms with Crippen molar-refractivity contribution in [3.63, 3.8) is 0 Å². The molecule has 21 heavy (non-hydrogen) atoms. The third-order valence-electron chi connectivity index (χ3n) is 2.87. The molecule has 3 nitrogen and oxygen atoms in total. The van der Waals surface area contributed by atoms with Crippen LogP contribution in [0.1, 0.15) is 11.1 Å². The van der Waals surface area contributed by atoms with Crippen LogP contribution in [0.25, 0.3) is 0 Å². The summed E-state index contributed by atoms with van der Waals surface area (Å²) in [6.45, 7) is 3.87. The Kier molecular flexibility index (Phi) is 5.26. The van der Waals surface area contributed by atoms with Crippen molar-refractivity contribution in [1.29, 1.82) is 0 Å². The minimum atomic E-state index is -0.255. The van der Waals surface area contributed by atoms with Crippen LogP contribution >= 0.6 is 27.5 Å². The van der Waals surface area contributed by atoms with E-state index in [0.717, 1.165) is 15.6 Å². The van der Waals surface area contributed by atoms with Gasteiger partial charge in [0.05, 0.1) is 15.2 Å². The summed E-state index contributed by atoms with van der Waals surface area (Å²) in [7, 11) is 0. The van der Waals surface area contributed by atoms with Gasteiger partial charge in [-0.2, -0.15) is 0 Å². The van der Waals surface area contributed by atoms with Crippen LogP contribution in [0.5, 0.6) is 5.75 Å². The SMILES string of the molecule is Cc1cc(C)c(OCC(=O)Nc2ccccc2Cl)c(Br)c1. The van der Waals surface area contributed by atoms with Gasteiger partial charge in [0.1, 0.15) is 5.75 Å². The number of hydrogen-bond donors (Lipinski definition) is 1. The van der Waals surface area contributed by atoms with Crippen LogP contribution in [0.2, 0.25) is 5.02 Å². The highest BCUT2D eigenvalue weighted by Crippen LogP contribution is 2.30. The third-order valence-corrected chi connectivity index (χ3v) is 3.79. The van der Waals surface area contributed by atoms with Crippen molar-refractivity contribution in [3.05, 3.63) is 57.0 Å². The molecular formula is C16H15BrClNO2. The molecule has 1 amide bonds. The molecule has 0 saturated carbocycles. The van der Waals surface area contributed by atoms with Crippen LogP contribution in [0.4, 0.5) is 5.69 Å². The molecular weight excluding hydrogens is 354 g/mol. The van der Waals surface area contributed by atoms with Crippen LogP contribution in [0.15, 0.2) is 40.9 Å². The van der Waals surface area contributed by atoms with E-state index in [4.69, 9.17) is 16.3 Å². The number of anilines is 1. The Balaban J connectivity index is 2.01. The summed E-state index contributed by atoms with van der Waals surface area (Å²) in [4.78, 5) is 11.9. The third kappa shape index (κ3) is 4.22. The van der Waals surface area contributed by atoms with Crippen LogP contribution < -0.4 is 10.1 Å². The van der Waals surface area contributed by atoms with Gasteiger partial charge in [0, 0.05) is 0 Å². The average molecular weight is 369 g/mol. The standard InChI is InChI=1S/C16H15BrClNO2/c1-10-7-11(2)16(12(17)8-10)21-9-15(20)19-14-6-4-3-5-13(14)18/h3-8H,9H2,1-2H3,(H,19,20). The largest absolute Gasteiger partial charge is 0.482 e. The normalized spacial score (nSPS) is 10.3. The van der Waals surface area contributed by atoms with Crippen LogP contribution in [-0.2, 0) is 4.79 Å². The van der Waals surface area contributed by atoms with E-state index in [2.05, 4.69) is 21.2 Å². The number of nitrogens with one attached hydrogen (secondary N) is 1. The molecule has 5 heteroatoms. The molecule has 1 N–H and O–H groups in total. The second-order valence-electron chi connectivity index (χ2n) is 4.71. The Bertz CT molecular complexity index is 650. The molecule has 0 heterocycles. The van der Waals surface area contributed by atoms with Crippen LogP contribution in [-0.4, -0.2) is 12.5 Å². The molecule has 2 rings (SSSR count). The molecule has 0 aromatic heterocycles. The lowest BCUT2D eigenvalue weighted by Gasteiger charge is -2.12. The molecule has 0 unspecified atom stereocenters. The predicted molar refractivity (Wildman–Crippen MR) is 89.2 cm³/mol. The number of halogens is 2. The van der Waals surface area contributed by atoms with Crippen molar-refractivity contribution in [2.75, 3.05) is 11.9 Å². The number of carbonyl (C=O) groups is 1. The number of amides is 1. The van der Waals surface area contributed by atoms with Crippen molar-refractivity contribution < 1.29 is 9.53 Å². The van der Waals surface area contributed by atoms with Gasteiger partial charge in [-0.05, 0) is 59.1 Å². The van der Waals surface area contributed by atoms with Gasteiger partial charge in [0.15, 0.2) is 6.61 Å². The second-order valence-corrected chi connectivity index (χ2v) is 5.97. The van der Waals surface area contributed by atoms with E-state index in [0.29, 0.717) is 16.5 Å². The second kappa shape index (κ2) is 6.96. The highest BCUT2D eigenvalue weighted by Gasteiger charge is 2.10. The van der Waals surface area contributed by atoms with Crippen molar-refractivity contribution in [1.82, 2.24) is 0 Å². The van der Waals surface area contributed by atoms with E-state index in [-0.39, 0.29) is 12.5 Å². The van der Waals surface area contributed by atoms with E-state index >= 15 is 0 Å². The van der Waals surface area contributed by atoms with Crippen molar-refractivity contribution in [3.8, 4) is 5.75 Å². The Hall–Kier alpha value is -1.52. The van der Waals surface area contributed by atoms with Gasteiger partial charge in [-0.1, -0.05) is 29.8 Å². The fourth-order valence-corrected chi connectivity index (χ4v) is 2.94. The van der Waals surface area contributed by atoms with Gasteiger partial charge < -0.3 is 10.1 Å². The van der Waals surface area contributed by atoms with Gasteiger partial charge in [-0.25, -0.2) is 0 Å². The molecule has 0 saturated heterocycles. The fourth-order valence-electron chi connectivity index (χ4n) is 1.97. The first kappa shape index (κ1) is 15.9. The monoisotopic (exact) mass is 367 g/mol. The van der Waals surface area contributed by atoms with Crippen LogP contribution in [0.3, 0.4) is 0 Å². The smallest absolute Gasteiger partial charge is 0.262 e. The summed E-state index contributed by atoms with van der Waals surface area (Å²) in [5.41, 5.74) is 2.69. The Morgan fingerprint density at radius 2 is 2.00 bits per heavy atom. The summed E-state index contributed by atoms with van der Waals surface area (Å²) < 4.78 is 6.43. The van der Waals surface area contributed by atoms with Gasteiger partial charge in [0.25, 0.3) is 5.91 Å². The average Bonchev–Trinajstić information content (AvgIpc) is 2.40. The van der Waals surface area contributed by atoms with Crippen molar-refractivity contribution >= 4 is 39.1 Å². The molecule has 0 aliphatic heterocycles. The number of benzene rings is 2. The van der Waals surface area contributed by atoms with E-state index in [9.17, 15) is 4.79 Å². The van der Waals surface area contributed by atoms with E-state index in [1.54, 1.807) is 18.2 Å². The topological polar surface area (TPSA) is 38.3 Å². The van der Waals surface area contributed by atoms with E-state index in [1.807, 2.05) is 32.0 Å². The summed E-state index contributed by atoms with van der Waals surface area (Å²) >= 11 is 9.44. The quantitative estimate of drug-likeness (QED) is 0.846. The maximum Gasteiger partial charge on any atom is 0.262 e. The van der Waals surface area contributed by atoms with Gasteiger partial charge in [0.2, 0.25) is 0 Å². The zero-order valence-electron chi connectivity index (χ0n) is 11.7. The molecule has 0 radical (unpaired) electrons. The Morgan fingerprint density at radius 3 is 2.67 bits per heavy atom. The first-order chi connectivity index (χ1) is 9.97. The Morgan fingerprint density at radius 1 is 1.29 bits per heavy atom. The molecule has 0 fully saturated rings. The number of para-hydroxylation sites is 1. The zero-order chi connectivity index (χ0) is 15.4. The summed E-state index contributed by atoms with van der Waals surface area (Å²) in [5.74, 6) is 0.421. The highest BCUT2D eigenvalue weighted by atomic mass is 79.9. The number of hydrogen-bond acceptors (Lipinski definition) is 2. The minimum Gasteiger partial charge on any atom is -0.482 e. The fraction of sp³-hybridized carbons (Fsp3) is 0.188. The molecule has 0 spiro atoms. The lowest BCUT2D eigenvalue weighted by molar-refractivity contribution is -0.118. The lowest BCUT2D eigenvalue weighted by Crippen LogP contribution is -2.20. The maximum absolute atomic E-state index is 11.9. The zero-order valence-corrected chi connectivity index (χ0v) is 14.1. The molecule has 0 aliphatic carbocycles. The first-order valence-electron chi connectivity index (χ1n) is 6.41. The number of carbonyl (C=O) groups excluding carboxylic acids is 1. The van der Waals surface area contributed by atoms with Gasteiger partial charge in [-0.3, -0.25) is 4.79 Å². The first-order valence-corrected chi connectivity index (χ1v) is 7.58. The molecule has 2 aromatic carbocycles. The van der Waals surface area contributed by atoms with Crippen molar-refractivity contribution in [2.45, 2.75) is 13.8 Å². The predicted octanol–water partition coefficient (Wildman–Crippen LogP) is 4.74. The van der Waals surface area contributed by atoms with Gasteiger partial charge in [-0.15, -0.1) is 0 Å². The number of ether oxygens (including phenoxy) is 1. The summed E-state index contributed by atoms with van der Waals surface area (Å²) in [6, 6.07) is 11.0. The summed E-state index contributed by atoms with van der Waals surface area (Å²) in [5, 5.41) is 3.22. The lowest BCUT2D eigenvalue weighted by atomic mass is 10.1. The molecule has 0 bridgehead atoms. The van der Waals surface area contributed by atoms with Crippen molar-refractivity contribution in [2.24, 2.45) is 0 Å². The Labute approximate surface area is 137 Å². The summed E-state index contributed by atoms with van der Waals surface area (Å²) in [6.07, 6.45) is 0. The van der Waals surface area contributed by atoms with Crippen LogP contribution in [0, 0.1) is 13.8 Å². The maximum atomic E-state index is 11.9. The van der Waals surface area contributed by atoms with Gasteiger partial charge >= 0.3 is 0 Å². The molecule has 0 atom stereocenters. The molecule has 0 aliphatic rings. The van der Waals surface area contributed by atoms with E-state index < -0.39 is 0 Å². The number of aryl methyl sites for hydroxylation is 2. The minimum absolute atomic E-state index is 0.0757.